The first-order valence-corrected chi connectivity index (χ1v) is 6.34. The second-order valence-corrected chi connectivity index (χ2v) is 4.62. The van der Waals surface area contributed by atoms with E-state index in [1.54, 1.807) is 12.1 Å². The molecule has 0 spiro atoms. The summed E-state index contributed by atoms with van der Waals surface area (Å²) >= 11 is 5.81. The maximum Gasteiger partial charge on any atom is 0.131 e. The zero-order valence-corrected chi connectivity index (χ0v) is 11.4. The molecule has 19 heavy (non-hydrogen) atoms. The molecule has 2 nitrogen and oxygen atoms in total. The van der Waals surface area contributed by atoms with Gasteiger partial charge in [0, 0.05) is 29.7 Å². The van der Waals surface area contributed by atoms with E-state index < -0.39 is 0 Å². The molecule has 100 valence electrons. The number of rotatable bonds is 5. The Morgan fingerprint density at radius 3 is 2.47 bits per heavy atom. The number of benzene rings is 2. The van der Waals surface area contributed by atoms with Crippen LogP contribution in [0.5, 0.6) is 5.75 Å². The number of ether oxygens (including phenoxy) is 1. The lowest BCUT2D eigenvalue weighted by atomic mass is 10.2. The lowest BCUT2D eigenvalue weighted by Crippen LogP contribution is -2.13. The molecule has 0 aliphatic heterocycles. The van der Waals surface area contributed by atoms with Crippen LogP contribution < -0.4 is 10.1 Å². The summed E-state index contributed by atoms with van der Waals surface area (Å²) in [5.41, 5.74) is 1.73. The number of methoxy groups -OCH3 is 1. The van der Waals surface area contributed by atoms with Gasteiger partial charge >= 0.3 is 0 Å². The van der Waals surface area contributed by atoms with Crippen molar-refractivity contribution in [2.24, 2.45) is 0 Å². The minimum absolute atomic E-state index is 0.261. The predicted molar refractivity (Wildman–Crippen MR) is 74.9 cm³/mol. The van der Waals surface area contributed by atoms with E-state index in [4.69, 9.17) is 16.3 Å². The van der Waals surface area contributed by atoms with Crippen molar-refractivity contribution in [2.45, 2.75) is 13.1 Å². The molecule has 0 aromatic heterocycles. The zero-order valence-electron chi connectivity index (χ0n) is 10.6. The van der Waals surface area contributed by atoms with E-state index in [-0.39, 0.29) is 5.82 Å². The Labute approximate surface area is 117 Å². The van der Waals surface area contributed by atoms with Gasteiger partial charge in [-0.15, -0.1) is 0 Å². The van der Waals surface area contributed by atoms with Crippen LogP contribution >= 0.6 is 11.6 Å². The Hall–Kier alpha value is -1.58. The lowest BCUT2D eigenvalue weighted by molar-refractivity contribution is 0.410. The normalized spacial score (nSPS) is 10.5. The van der Waals surface area contributed by atoms with Crippen LogP contribution in [-0.2, 0) is 13.1 Å². The Bertz CT molecular complexity index is 542. The molecule has 0 radical (unpaired) electrons. The predicted octanol–water partition coefficient (Wildman–Crippen LogP) is 3.78. The van der Waals surface area contributed by atoms with Crippen LogP contribution in [0.4, 0.5) is 4.39 Å². The van der Waals surface area contributed by atoms with Crippen molar-refractivity contribution in [2.75, 3.05) is 7.11 Å². The van der Waals surface area contributed by atoms with Gasteiger partial charge in [0.25, 0.3) is 0 Å². The highest BCUT2D eigenvalue weighted by atomic mass is 35.5. The van der Waals surface area contributed by atoms with Crippen molar-refractivity contribution in [3.05, 3.63) is 64.4 Å². The highest BCUT2D eigenvalue weighted by Crippen LogP contribution is 2.16. The van der Waals surface area contributed by atoms with Gasteiger partial charge in [0.1, 0.15) is 11.6 Å². The van der Waals surface area contributed by atoms with Crippen molar-refractivity contribution in [1.82, 2.24) is 5.32 Å². The molecule has 0 saturated carbocycles. The van der Waals surface area contributed by atoms with Crippen molar-refractivity contribution in [3.8, 4) is 5.75 Å². The summed E-state index contributed by atoms with van der Waals surface area (Å²) in [5, 5.41) is 3.90. The maximum atomic E-state index is 13.7. The van der Waals surface area contributed by atoms with Crippen LogP contribution in [0, 0.1) is 5.82 Å². The average molecular weight is 280 g/mol. The van der Waals surface area contributed by atoms with Crippen LogP contribution in [0.2, 0.25) is 5.02 Å². The van der Waals surface area contributed by atoms with Gasteiger partial charge in [-0.05, 0) is 23.8 Å². The third-order valence-corrected chi connectivity index (χ3v) is 3.07. The third kappa shape index (κ3) is 3.94. The largest absolute Gasteiger partial charge is 0.497 e. The van der Waals surface area contributed by atoms with Crippen LogP contribution in [0.25, 0.3) is 0 Å². The summed E-state index contributed by atoms with van der Waals surface area (Å²) in [6.45, 7) is 1.14. The number of nitrogens with one attached hydrogen (secondary N) is 1. The van der Waals surface area contributed by atoms with Crippen molar-refractivity contribution < 1.29 is 9.13 Å². The molecule has 0 aliphatic carbocycles. The molecule has 0 heterocycles. The molecule has 2 rings (SSSR count). The minimum atomic E-state index is -0.261. The molecule has 0 unspecified atom stereocenters. The fourth-order valence-electron chi connectivity index (χ4n) is 1.74. The molecule has 2 aromatic rings. The summed E-state index contributed by atoms with van der Waals surface area (Å²) in [5.74, 6) is 0.266. The van der Waals surface area contributed by atoms with E-state index in [0.717, 1.165) is 5.56 Å². The quantitative estimate of drug-likeness (QED) is 0.899. The molecule has 0 amide bonds. The van der Waals surface area contributed by atoms with Gasteiger partial charge in [0.2, 0.25) is 0 Å². The van der Waals surface area contributed by atoms with Gasteiger partial charge in [0.15, 0.2) is 0 Å². The summed E-state index contributed by atoms with van der Waals surface area (Å²) in [4.78, 5) is 0. The Balaban J connectivity index is 1.90. The summed E-state index contributed by atoms with van der Waals surface area (Å²) in [6, 6.07) is 12.4. The van der Waals surface area contributed by atoms with Gasteiger partial charge in [-0.1, -0.05) is 29.8 Å². The Morgan fingerprint density at radius 1 is 1.11 bits per heavy atom. The first-order chi connectivity index (χ1) is 9.19. The van der Waals surface area contributed by atoms with Crippen molar-refractivity contribution in [1.29, 1.82) is 0 Å². The molecule has 4 heteroatoms. The first-order valence-electron chi connectivity index (χ1n) is 5.96. The number of halogens is 2. The standard InChI is InChI=1S/C15H15ClFNO/c1-19-14-7-4-12(15(17)8-14)10-18-9-11-2-5-13(16)6-3-11/h2-8,18H,9-10H2,1H3. The Morgan fingerprint density at radius 2 is 1.84 bits per heavy atom. The SMILES string of the molecule is COc1ccc(CNCc2ccc(Cl)cc2)c(F)c1. The molecule has 0 fully saturated rings. The second-order valence-electron chi connectivity index (χ2n) is 4.19. The molecule has 2 aromatic carbocycles. The maximum absolute atomic E-state index is 13.7. The van der Waals surface area contributed by atoms with E-state index >= 15 is 0 Å². The fraction of sp³-hybridized carbons (Fsp3) is 0.200. The number of hydrogen-bond acceptors (Lipinski definition) is 2. The zero-order chi connectivity index (χ0) is 13.7. The van der Waals surface area contributed by atoms with Crippen LogP contribution in [0.15, 0.2) is 42.5 Å². The number of hydrogen-bond donors (Lipinski definition) is 1. The summed E-state index contributed by atoms with van der Waals surface area (Å²) < 4.78 is 18.6. The molecule has 0 bridgehead atoms. The fourth-order valence-corrected chi connectivity index (χ4v) is 1.87. The van der Waals surface area contributed by atoms with E-state index in [1.165, 1.54) is 13.2 Å². The monoisotopic (exact) mass is 279 g/mol. The van der Waals surface area contributed by atoms with E-state index in [1.807, 2.05) is 24.3 Å². The second kappa shape index (κ2) is 6.55. The Kier molecular flexibility index (Phi) is 4.77. The van der Waals surface area contributed by atoms with Gasteiger partial charge in [-0.2, -0.15) is 0 Å². The highest BCUT2D eigenvalue weighted by molar-refractivity contribution is 6.30. The van der Waals surface area contributed by atoms with Crippen LogP contribution in [0.1, 0.15) is 11.1 Å². The summed E-state index contributed by atoms with van der Waals surface area (Å²) in [7, 11) is 1.52. The highest BCUT2D eigenvalue weighted by Gasteiger charge is 2.03. The van der Waals surface area contributed by atoms with Crippen LogP contribution in [-0.4, -0.2) is 7.11 Å². The van der Waals surface area contributed by atoms with Crippen LogP contribution in [0.3, 0.4) is 0 Å². The minimum Gasteiger partial charge on any atom is -0.497 e. The van der Waals surface area contributed by atoms with E-state index in [0.29, 0.717) is 29.4 Å². The average Bonchev–Trinajstić information content (AvgIpc) is 2.42. The van der Waals surface area contributed by atoms with Gasteiger partial charge in [-0.3, -0.25) is 0 Å². The molecular formula is C15H15ClFNO. The lowest BCUT2D eigenvalue weighted by Gasteiger charge is -2.07. The topological polar surface area (TPSA) is 21.3 Å². The van der Waals surface area contributed by atoms with Crippen molar-refractivity contribution >= 4 is 11.6 Å². The molecular weight excluding hydrogens is 265 g/mol. The summed E-state index contributed by atoms with van der Waals surface area (Å²) in [6.07, 6.45) is 0. The van der Waals surface area contributed by atoms with Gasteiger partial charge < -0.3 is 10.1 Å². The van der Waals surface area contributed by atoms with Gasteiger partial charge in [0.05, 0.1) is 7.11 Å². The van der Waals surface area contributed by atoms with E-state index in [9.17, 15) is 4.39 Å². The van der Waals surface area contributed by atoms with Crippen molar-refractivity contribution in [3.63, 3.8) is 0 Å². The third-order valence-electron chi connectivity index (χ3n) is 2.82. The van der Waals surface area contributed by atoms with Gasteiger partial charge in [-0.25, -0.2) is 4.39 Å². The molecule has 0 saturated heterocycles. The smallest absolute Gasteiger partial charge is 0.131 e. The van der Waals surface area contributed by atoms with E-state index in [2.05, 4.69) is 5.32 Å². The molecule has 0 aliphatic rings. The molecule has 1 N–H and O–H groups in total. The molecule has 0 atom stereocenters. The first kappa shape index (κ1) is 13.8.